The van der Waals surface area contributed by atoms with E-state index in [0.29, 0.717) is 19.8 Å². The molecule has 1 aliphatic rings. The molecule has 0 saturated carbocycles. The Morgan fingerprint density at radius 1 is 1.23 bits per heavy atom. The predicted molar refractivity (Wildman–Crippen MR) is 50.4 cm³/mol. The SMILES string of the molecule is Nc1ccccc1[C@@H]1COCCO1. The van der Waals surface area contributed by atoms with Crippen molar-refractivity contribution >= 4 is 5.69 Å². The Bertz CT molecular complexity index is 282. The third kappa shape index (κ3) is 1.82. The zero-order chi connectivity index (χ0) is 9.10. The molecule has 1 atom stereocenters. The minimum atomic E-state index is 0.00921. The molecule has 1 saturated heterocycles. The molecular weight excluding hydrogens is 166 g/mol. The van der Waals surface area contributed by atoms with Gasteiger partial charge in [0.25, 0.3) is 0 Å². The average molecular weight is 179 g/mol. The van der Waals surface area contributed by atoms with Gasteiger partial charge < -0.3 is 15.2 Å². The van der Waals surface area contributed by atoms with Crippen LogP contribution in [0.5, 0.6) is 0 Å². The summed E-state index contributed by atoms with van der Waals surface area (Å²) in [4.78, 5) is 0. The van der Waals surface area contributed by atoms with Crippen molar-refractivity contribution in [2.45, 2.75) is 6.10 Å². The van der Waals surface area contributed by atoms with E-state index < -0.39 is 0 Å². The first-order chi connectivity index (χ1) is 6.38. The number of hydrogen-bond acceptors (Lipinski definition) is 3. The fourth-order valence-electron chi connectivity index (χ4n) is 1.47. The summed E-state index contributed by atoms with van der Waals surface area (Å²) in [6, 6.07) is 7.74. The van der Waals surface area contributed by atoms with E-state index in [1.54, 1.807) is 0 Å². The van der Waals surface area contributed by atoms with E-state index in [-0.39, 0.29) is 6.10 Å². The molecule has 1 aromatic rings. The molecule has 1 fully saturated rings. The standard InChI is InChI=1S/C10H13NO2/c11-9-4-2-1-3-8(9)10-7-12-5-6-13-10/h1-4,10H,5-7,11H2/t10-/m0/s1. The number of nitrogens with two attached hydrogens (primary N) is 1. The smallest absolute Gasteiger partial charge is 0.108 e. The lowest BCUT2D eigenvalue weighted by Crippen LogP contribution is -2.22. The molecule has 2 rings (SSSR count). The van der Waals surface area contributed by atoms with Gasteiger partial charge in [0.2, 0.25) is 0 Å². The highest BCUT2D eigenvalue weighted by Gasteiger charge is 2.17. The average Bonchev–Trinajstić information content (AvgIpc) is 2.20. The van der Waals surface area contributed by atoms with Gasteiger partial charge >= 0.3 is 0 Å². The number of ether oxygens (including phenoxy) is 2. The van der Waals surface area contributed by atoms with Gasteiger partial charge in [0.15, 0.2) is 0 Å². The summed E-state index contributed by atoms with van der Waals surface area (Å²) in [6.07, 6.45) is 0.00921. The van der Waals surface area contributed by atoms with Gasteiger partial charge in [-0.25, -0.2) is 0 Å². The van der Waals surface area contributed by atoms with Gasteiger partial charge in [0.05, 0.1) is 19.8 Å². The van der Waals surface area contributed by atoms with Crippen molar-refractivity contribution < 1.29 is 9.47 Å². The molecule has 0 spiro atoms. The van der Waals surface area contributed by atoms with Crippen LogP contribution in [-0.2, 0) is 9.47 Å². The first-order valence-corrected chi connectivity index (χ1v) is 4.41. The second-order valence-electron chi connectivity index (χ2n) is 3.06. The second-order valence-corrected chi connectivity index (χ2v) is 3.06. The number of para-hydroxylation sites is 1. The minimum Gasteiger partial charge on any atom is -0.398 e. The van der Waals surface area contributed by atoms with E-state index >= 15 is 0 Å². The number of benzene rings is 1. The lowest BCUT2D eigenvalue weighted by atomic mass is 10.1. The van der Waals surface area contributed by atoms with Crippen LogP contribution < -0.4 is 5.73 Å². The topological polar surface area (TPSA) is 44.5 Å². The van der Waals surface area contributed by atoms with Crippen LogP contribution in [0.1, 0.15) is 11.7 Å². The molecule has 1 aromatic carbocycles. The van der Waals surface area contributed by atoms with Crippen molar-refractivity contribution in [2.75, 3.05) is 25.6 Å². The van der Waals surface area contributed by atoms with Crippen LogP contribution in [0.2, 0.25) is 0 Å². The van der Waals surface area contributed by atoms with Gasteiger partial charge in [-0.1, -0.05) is 18.2 Å². The highest BCUT2D eigenvalue weighted by Crippen LogP contribution is 2.25. The van der Waals surface area contributed by atoms with Crippen molar-refractivity contribution in [3.05, 3.63) is 29.8 Å². The van der Waals surface area contributed by atoms with Gasteiger partial charge in [-0.15, -0.1) is 0 Å². The minimum absolute atomic E-state index is 0.00921. The summed E-state index contributed by atoms with van der Waals surface area (Å²) >= 11 is 0. The summed E-state index contributed by atoms with van der Waals surface area (Å²) in [6.45, 7) is 1.94. The molecular formula is C10H13NO2. The molecule has 0 radical (unpaired) electrons. The van der Waals surface area contributed by atoms with Gasteiger partial charge in [0.1, 0.15) is 6.10 Å². The Hall–Kier alpha value is -1.06. The predicted octanol–water partition coefficient (Wildman–Crippen LogP) is 1.36. The van der Waals surface area contributed by atoms with Gasteiger partial charge in [-0.2, -0.15) is 0 Å². The molecule has 0 bridgehead atoms. The van der Waals surface area contributed by atoms with Crippen LogP contribution >= 0.6 is 0 Å². The Balaban J connectivity index is 2.18. The molecule has 0 amide bonds. The first kappa shape index (κ1) is 8.53. The van der Waals surface area contributed by atoms with Crippen LogP contribution in [0, 0.1) is 0 Å². The lowest BCUT2D eigenvalue weighted by Gasteiger charge is -2.24. The van der Waals surface area contributed by atoms with Gasteiger partial charge in [-0.05, 0) is 6.07 Å². The van der Waals surface area contributed by atoms with E-state index in [0.717, 1.165) is 11.3 Å². The molecule has 0 unspecified atom stereocenters. The number of anilines is 1. The summed E-state index contributed by atoms with van der Waals surface area (Å²) in [7, 11) is 0. The number of hydrogen-bond donors (Lipinski definition) is 1. The van der Waals surface area contributed by atoms with E-state index in [1.807, 2.05) is 24.3 Å². The maximum atomic E-state index is 5.82. The molecule has 70 valence electrons. The molecule has 2 N–H and O–H groups in total. The molecule has 1 heterocycles. The molecule has 3 heteroatoms. The quantitative estimate of drug-likeness (QED) is 0.662. The maximum Gasteiger partial charge on any atom is 0.108 e. The summed E-state index contributed by atoms with van der Waals surface area (Å²) in [5, 5.41) is 0. The van der Waals surface area contributed by atoms with Gasteiger partial charge in [-0.3, -0.25) is 0 Å². The van der Waals surface area contributed by atoms with E-state index in [1.165, 1.54) is 0 Å². The van der Waals surface area contributed by atoms with E-state index in [2.05, 4.69) is 0 Å². The van der Waals surface area contributed by atoms with Gasteiger partial charge in [0, 0.05) is 11.3 Å². The Labute approximate surface area is 77.5 Å². The van der Waals surface area contributed by atoms with E-state index in [4.69, 9.17) is 15.2 Å². The van der Waals surface area contributed by atoms with Crippen LogP contribution in [0.3, 0.4) is 0 Å². The zero-order valence-electron chi connectivity index (χ0n) is 7.40. The summed E-state index contributed by atoms with van der Waals surface area (Å²) < 4.78 is 10.9. The first-order valence-electron chi connectivity index (χ1n) is 4.41. The van der Waals surface area contributed by atoms with Crippen LogP contribution in [0.4, 0.5) is 5.69 Å². The Kier molecular flexibility index (Phi) is 2.47. The number of nitrogen functional groups attached to an aromatic ring is 1. The van der Waals surface area contributed by atoms with Crippen molar-refractivity contribution in [3.8, 4) is 0 Å². The second kappa shape index (κ2) is 3.77. The highest BCUT2D eigenvalue weighted by molar-refractivity contribution is 5.47. The van der Waals surface area contributed by atoms with Crippen LogP contribution in [0.25, 0.3) is 0 Å². The van der Waals surface area contributed by atoms with E-state index in [9.17, 15) is 0 Å². The molecule has 0 aromatic heterocycles. The highest BCUT2D eigenvalue weighted by atomic mass is 16.6. The normalized spacial score (nSPS) is 22.9. The van der Waals surface area contributed by atoms with Crippen molar-refractivity contribution in [1.29, 1.82) is 0 Å². The largest absolute Gasteiger partial charge is 0.398 e. The fraction of sp³-hybridized carbons (Fsp3) is 0.400. The van der Waals surface area contributed by atoms with Crippen molar-refractivity contribution in [3.63, 3.8) is 0 Å². The fourth-order valence-corrected chi connectivity index (χ4v) is 1.47. The van der Waals surface area contributed by atoms with Crippen molar-refractivity contribution in [1.82, 2.24) is 0 Å². The molecule has 3 nitrogen and oxygen atoms in total. The Morgan fingerprint density at radius 3 is 2.77 bits per heavy atom. The third-order valence-corrected chi connectivity index (χ3v) is 2.16. The summed E-state index contributed by atoms with van der Waals surface area (Å²) in [5.74, 6) is 0. The zero-order valence-corrected chi connectivity index (χ0v) is 7.40. The Morgan fingerprint density at radius 2 is 2.08 bits per heavy atom. The van der Waals surface area contributed by atoms with Crippen LogP contribution in [-0.4, -0.2) is 19.8 Å². The molecule has 1 aliphatic heterocycles. The summed E-state index contributed by atoms with van der Waals surface area (Å²) in [5.41, 5.74) is 7.62. The molecule has 13 heavy (non-hydrogen) atoms. The number of rotatable bonds is 1. The third-order valence-electron chi connectivity index (χ3n) is 2.16. The molecule has 0 aliphatic carbocycles. The van der Waals surface area contributed by atoms with Crippen LogP contribution in [0.15, 0.2) is 24.3 Å². The lowest BCUT2D eigenvalue weighted by molar-refractivity contribution is -0.0898. The monoisotopic (exact) mass is 179 g/mol. The maximum absolute atomic E-state index is 5.82. The van der Waals surface area contributed by atoms with Crippen molar-refractivity contribution in [2.24, 2.45) is 0 Å².